The molecule has 1 aliphatic heterocycles. The predicted molar refractivity (Wildman–Crippen MR) is 99.0 cm³/mol. The second-order valence-electron chi connectivity index (χ2n) is 5.65. The molecule has 2 aromatic rings. The minimum atomic E-state index is -0.227. The third-order valence-corrected chi connectivity index (χ3v) is 4.39. The molecular formula is C17H15Cl3N2O3. The number of carbonyl (C=O) groups is 1. The first-order valence-corrected chi connectivity index (χ1v) is 8.57. The number of ether oxygens (including phenoxy) is 2. The Bertz CT molecular complexity index is 791. The number of likely N-dealkylation sites (N-methyl/N-ethyl adjacent to an activating group) is 1. The van der Waals surface area contributed by atoms with Crippen molar-refractivity contribution in [2.24, 2.45) is 0 Å². The van der Waals surface area contributed by atoms with E-state index in [1.807, 2.05) is 30.1 Å². The van der Waals surface area contributed by atoms with Gasteiger partial charge in [-0.1, -0.05) is 40.9 Å². The number of amides is 1. The molecule has 0 atom stereocenters. The van der Waals surface area contributed by atoms with Crippen LogP contribution in [0.3, 0.4) is 0 Å². The van der Waals surface area contributed by atoms with Gasteiger partial charge in [-0.25, -0.2) is 0 Å². The molecule has 132 valence electrons. The van der Waals surface area contributed by atoms with Crippen LogP contribution in [-0.4, -0.2) is 31.2 Å². The zero-order chi connectivity index (χ0) is 18.0. The summed E-state index contributed by atoms with van der Waals surface area (Å²) in [6, 6.07) is 8.76. The van der Waals surface area contributed by atoms with Gasteiger partial charge in [-0.2, -0.15) is 0 Å². The maximum Gasteiger partial charge on any atom is 0.238 e. The van der Waals surface area contributed by atoms with Crippen LogP contribution in [0.2, 0.25) is 15.1 Å². The maximum absolute atomic E-state index is 12.2. The van der Waals surface area contributed by atoms with Gasteiger partial charge >= 0.3 is 0 Å². The van der Waals surface area contributed by atoms with E-state index in [0.29, 0.717) is 27.3 Å². The number of hydrogen-bond acceptors (Lipinski definition) is 4. The number of benzene rings is 2. The number of halogens is 3. The molecule has 0 aromatic heterocycles. The fraction of sp³-hybridized carbons (Fsp3) is 0.235. The molecule has 0 fully saturated rings. The quantitative estimate of drug-likeness (QED) is 0.804. The molecule has 0 bridgehead atoms. The molecule has 5 nitrogen and oxygen atoms in total. The number of nitrogens with one attached hydrogen (secondary N) is 1. The van der Waals surface area contributed by atoms with Crippen LogP contribution in [0.4, 0.5) is 5.69 Å². The Balaban J connectivity index is 1.59. The molecule has 3 rings (SSSR count). The number of anilines is 1. The van der Waals surface area contributed by atoms with Crippen LogP contribution in [0.15, 0.2) is 30.3 Å². The summed E-state index contributed by atoms with van der Waals surface area (Å²) in [7, 11) is 1.84. The molecule has 0 saturated heterocycles. The van der Waals surface area contributed by atoms with Crippen molar-refractivity contribution in [2.75, 3.05) is 25.7 Å². The first-order chi connectivity index (χ1) is 11.9. The lowest BCUT2D eigenvalue weighted by Gasteiger charge is -2.17. The van der Waals surface area contributed by atoms with E-state index in [2.05, 4.69) is 5.32 Å². The second-order valence-corrected chi connectivity index (χ2v) is 6.90. The highest BCUT2D eigenvalue weighted by molar-refractivity contribution is 6.42. The topological polar surface area (TPSA) is 50.8 Å². The maximum atomic E-state index is 12.2. The van der Waals surface area contributed by atoms with Gasteiger partial charge in [0, 0.05) is 11.6 Å². The van der Waals surface area contributed by atoms with Gasteiger partial charge in [0.25, 0.3) is 0 Å². The highest BCUT2D eigenvalue weighted by atomic mass is 35.5. The van der Waals surface area contributed by atoms with Gasteiger partial charge in [-0.3, -0.25) is 9.69 Å². The third-order valence-electron chi connectivity index (χ3n) is 3.57. The fourth-order valence-corrected chi connectivity index (χ4v) is 3.40. The molecule has 0 radical (unpaired) electrons. The normalized spacial score (nSPS) is 12.5. The zero-order valence-corrected chi connectivity index (χ0v) is 15.6. The molecule has 8 heteroatoms. The summed E-state index contributed by atoms with van der Waals surface area (Å²) in [6.07, 6.45) is 0. The highest BCUT2D eigenvalue weighted by Gasteiger charge is 2.16. The molecule has 2 aromatic carbocycles. The molecular weight excluding hydrogens is 387 g/mol. The molecule has 1 amide bonds. The van der Waals surface area contributed by atoms with Crippen molar-refractivity contribution >= 4 is 46.4 Å². The Kier molecular flexibility index (Phi) is 5.59. The van der Waals surface area contributed by atoms with E-state index >= 15 is 0 Å². The molecule has 0 aliphatic carbocycles. The van der Waals surface area contributed by atoms with Crippen molar-refractivity contribution in [2.45, 2.75) is 6.54 Å². The number of fused-ring (bicyclic) bond motifs is 1. The van der Waals surface area contributed by atoms with E-state index in [9.17, 15) is 4.79 Å². The van der Waals surface area contributed by atoms with E-state index in [-0.39, 0.29) is 19.2 Å². The third kappa shape index (κ3) is 4.50. The van der Waals surface area contributed by atoms with Crippen molar-refractivity contribution in [3.05, 3.63) is 51.0 Å². The van der Waals surface area contributed by atoms with Gasteiger partial charge in [0.15, 0.2) is 11.5 Å². The van der Waals surface area contributed by atoms with E-state index in [4.69, 9.17) is 44.3 Å². The first kappa shape index (κ1) is 18.1. The van der Waals surface area contributed by atoms with Crippen molar-refractivity contribution < 1.29 is 14.3 Å². The summed E-state index contributed by atoms with van der Waals surface area (Å²) in [6.45, 7) is 0.982. The molecule has 1 heterocycles. The van der Waals surface area contributed by atoms with Gasteiger partial charge in [0.05, 0.1) is 22.3 Å². The second kappa shape index (κ2) is 7.70. The van der Waals surface area contributed by atoms with E-state index in [1.54, 1.807) is 0 Å². The monoisotopic (exact) mass is 400 g/mol. The van der Waals surface area contributed by atoms with Gasteiger partial charge in [0.2, 0.25) is 12.7 Å². The molecule has 25 heavy (non-hydrogen) atoms. The lowest BCUT2D eigenvalue weighted by atomic mass is 10.2. The van der Waals surface area contributed by atoms with Crippen LogP contribution in [0.1, 0.15) is 5.56 Å². The van der Waals surface area contributed by atoms with Crippen LogP contribution in [-0.2, 0) is 11.3 Å². The summed E-state index contributed by atoms with van der Waals surface area (Å²) in [4.78, 5) is 14.1. The SMILES string of the molecule is CN(CC(=O)Nc1c(Cl)cc(Cl)cc1Cl)Cc1ccc2c(c1)OCO2. The Morgan fingerprint density at radius 1 is 1.12 bits per heavy atom. The van der Waals surface area contributed by atoms with Crippen LogP contribution in [0.25, 0.3) is 0 Å². The van der Waals surface area contributed by atoms with Crippen LogP contribution >= 0.6 is 34.8 Å². The first-order valence-electron chi connectivity index (χ1n) is 7.44. The molecule has 0 spiro atoms. The standard InChI is InChI=1S/C17H15Cl3N2O3/c1-22(7-10-2-3-14-15(4-10)25-9-24-14)8-16(23)21-17-12(19)5-11(18)6-13(17)20/h2-6H,7-9H2,1H3,(H,21,23). The van der Waals surface area contributed by atoms with E-state index < -0.39 is 0 Å². The lowest BCUT2D eigenvalue weighted by molar-refractivity contribution is -0.117. The number of carbonyl (C=O) groups excluding carboxylic acids is 1. The van der Waals surface area contributed by atoms with E-state index in [1.165, 1.54) is 12.1 Å². The fourth-order valence-electron chi connectivity index (χ4n) is 2.49. The molecule has 1 aliphatic rings. The number of rotatable bonds is 5. The summed E-state index contributed by atoms with van der Waals surface area (Å²) in [5, 5.41) is 3.72. The average Bonchev–Trinajstić information content (AvgIpc) is 2.98. The average molecular weight is 402 g/mol. The van der Waals surface area contributed by atoms with Gasteiger partial charge in [-0.15, -0.1) is 0 Å². The summed E-state index contributed by atoms with van der Waals surface area (Å²) < 4.78 is 10.6. The summed E-state index contributed by atoms with van der Waals surface area (Å²) in [5.74, 6) is 1.22. The van der Waals surface area contributed by atoms with E-state index in [0.717, 1.165) is 17.1 Å². The van der Waals surface area contributed by atoms with Crippen molar-refractivity contribution in [3.63, 3.8) is 0 Å². The smallest absolute Gasteiger partial charge is 0.238 e. The van der Waals surface area contributed by atoms with Gasteiger partial charge < -0.3 is 14.8 Å². The minimum absolute atomic E-state index is 0.170. The van der Waals surface area contributed by atoms with Gasteiger partial charge in [-0.05, 0) is 36.9 Å². The lowest BCUT2D eigenvalue weighted by Crippen LogP contribution is -2.30. The van der Waals surface area contributed by atoms with Crippen molar-refractivity contribution in [1.82, 2.24) is 4.90 Å². The Labute approximate surface area is 160 Å². The number of hydrogen-bond donors (Lipinski definition) is 1. The zero-order valence-electron chi connectivity index (χ0n) is 13.3. The Hall–Kier alpha value is -1.66. The molecule has 1 N–H and O–H groups in total. The van der Waals surface area contributed by atoms with Gasteiger partial charge in [0.1, 0.15) is 0 Å². The summed E-state index contributed by atoms with van der Waals surface area (Å²) in [5.41, 5.74) is 1.37. The largest absolute Gasteiger partial charge is 0.454 e. The van der Waals surface area contributed by atoms with Crippen molar-refractivity contribution in [1.29, 1.82) is 0 Å². The van der Waals surface area contributed by atoms with Crippen molar-refractivity contribution in [3.8, 4) is 11.5 Å². The predicted octanol–water partition coefficient (Wildman–Crippen LogP) is 4.45. The van der Waals surface area contributed by atoms with Crippen LogP contribution in [0, 0.1) is 0 Å². The molecule has 0 saturated carbocycles. The van der Waals surface area contributed by atoms with Crippen LogP contribution in [0.5, 0.6) is 11.5 Å². The molecule has 0 unspecified atom stereocenters. The highest BCUT2D eigenvalue weighted by Crippen LogP contribution is 2.34. The summed E-state index contributed by atoms with van der Waals surface area (Å²) >= 11 is 18.0. The minimum Gasteiger partial charge on any atom is -0.454 e. The Morgan fingerprint density at radius 2 is 1.80 bits per heavy atom. The van der Waals surface area contributed by atoms with Crippen LogP contribution < -0.4 is 14.8 Å². The number of nitrogens with zero attached hydrogens (tertiary/aromatic N) is 1. The Morgan fingerprint density at radius 3 is 2.52 bits per heavy atom.